The van der Waals surface area contributed by atoms with Crippen molar-refractivity contribution in [2.24, 2.45) is 0 Å². The minimum absolute atomic E-state index is 0.102. The van der Waals surface area contributed by atoms with E-state index in [1.54, 1.807) is 10.9 Å². The maximum Gasteiger partial charge on any atom is 0.434 e. The van der Waals surface area contributed by atoms with Gasteiger partial charge in [0.2, 0.25) is 0 Å². The summed E-state index contributed by atoms with van der Waals surface area (Å²) in [7, 11) is 0. The molecule has 0 fully saturated rings. The van der Waals surface area contributed by atoms with Crippen molar-refractivity contribution in [3.05, 3.63) is 34.2 Å². The van der Waals surface area contributed by atoms with Gasteiger partial charge in [0.1, 0.15) is 0 Å². The Bertz CT molecular complexity index is 721. The van der Waals surface area contributed by atoms with Crippen LogP contribution in [-0.2, 0) is 6.18 Å². The number of hydrogen-bond donors (Lipinski definition) is 0. The summed E-state index contributed by atoms with van der Waals surface area (Å²) in [5.41, 5.74) is 1.82. The van der Waals surface area contributed by atoms with Crippen molar-refractivity contribution in [2.75, 3.05) is 0 Å². The zero-order valence-corrected chi connectivity index (χ0v) is 11.2. The maximum absolute atomic E-state index is 12.5. The van der Waals surface area contributed by atoms with Crippen LogP contribution in [0.25, 0.3) is 22.2 Å². The van der Waals surface area contributed by atoms with E-state index in [1.807, 2.05) is 0 Å². The third-order valence-electron chi connectivity index (χ3n) is 2.28. The van der Waals surface area contributed by atoms with Gasteiger partial charge in [0.15, 0.2) is 16.5 Å². The van der Waals surface area contributed by atoms with Crippen LogP contribution in [0.4, 0.5) is 13.2 Å². The first kappa shape index (κ1) is 13.1. The van der Waals surface area contributed by atoms with E-state index in [1.165, 1.54) is 17.4 Å². The van der Waals surface area contributed by atoms with Gasteiger partial charge in [0.25, 0.3) is 0 Å². The Hall–Kier alpha value is -1.87. The van der Waals surface area contributed by atoms with Gasteiger partial charge in [-0.1, -0.05) is 0 Å². The van der Waals surface area contributed by atoms with E-state index in [9.17, 15) is 13.2 Å². The molecule has 0 atom stereocenters. The molecule has 0 amide bonds. The number of aromatic nitrogens is 4. The first-order valence-electron chi connectivity index (χ1n) is 5.21. The average molecular weight is 313 g/mol. The molecule has 101 valence electrons. The molecule has 0 N–H and O–H groups in total. The third-order valence-corrected chi connectivity index (χ3v) is 3.70. The molecule has 3 aromatic rings. The number of thiazole rings is 2. The summed E-state index contributed by atoms with van der Waals surface area (Å²) in [5.74, 6) is 0.107. The van der Waals surface area contributed by atoms with E-state index >= 15 is 0 Å². The normalized spacial score (nSPS) is 11.8. The van der Waals surface area contributed by atoms with Crippen LogP contribution in [0.3, 0.4) is 0 Å². The number of hydrogen-bond acceptors (Lipinski definition) is 6. The molecule has 4 nitrogen and oxygen atoms in total. The van der Waals surface area contributed by atoms with Crippen LogP contribution in [0.15, 0.2) is 22.3 Å². The molecule has 3 heterocycles. The molecule has 0 aromatic carbocycles. The van der Waals surface area contributed by atoms with E-state index in [2.05, 4.69) is 26.1 Å². The molecule has 0 aliphatic rings. The lowest BCUT2D eigenvalue weighted by Crippen LogP contribution is -2.05. The summed E-state index contributed by atoms with van der Waals surface area (Å²) >= 11 is 2.24. The first-order chi connectivity index (χ1) is 9.54. The van der Waals surface area contributed by atoms with E-state index in [0.29, 0.717) is 11.4 Å². The molecule has 1 radical (unpaired) electrons. The molecule has 0 saturated carbocycles. The van der Waals surface area contributed by atoms with Crippen LogP contribution >= 0.6 is 22.7 Å². The smallest absolute Gasteiger partial charge is 0.243 e. The van der Waals surface area contributed by atoms with Crippen molar-refractivity contribution in [2.45, 2.75) is 6.18 Å². The Morgan fingerprint density at radius 3 is 2.60 bits per heavy atom. The number of nitrogens with zero attached hydrogens (tertiary/aromatic N) is 4. The van der Waals surface area contributed by atoms with Crippen molar-refractivity contribution in [3.63, 3.8) is 0 Å². The second kappa shape index (κ2) is 4.91. The Balaban J connectivity index is 1.99. The molecule has 0 spiro atoms. The van der Waals surface area contributed by atoms with Gasteiger partial charge in [-0.25, -0.2) is 19.9 Å². The fourth-order valence-corrected chi connectivity index (χ4v) is 2.70. The third kappa shape index (κ3) is 2.54. The minimum Gasteiger partial charge on any atom is -0.243 e. The fraction of sp³-hybridized carbons (Fsp3) is 0.0909. The molecule has 0 aliphatic carbocycles. The van der Waals surface area contributed by atoms with E-state index in [4.69, 9.17) is 0 Å². The monoisotopic (exact) mass is 313 g/mol. The van der Waals surface area contributed by atoms with Gasteiger partial charge in [-0.2, -0.15) is 13.2 Å². The number of alkyl halides is 3. The second-order valence-corrected chi connectivity index (χ2v) is 5.19. The van der Waals surface area contributed by atoms with Crippen molar-refractivity contribution >= 4 is 22.7 Å². The molecular weight excluding hydrogens is 309 g/mol. The molecule has 20 heavy (non-hydrogen) atoms. The SMILES string of the molecule is FC(F)(F)c1csc(-c2n[c]cc(-c3cscn3)n2)n1. The van der Waals surface area contributed by atoms with Gasteiger partial charge in [0, 0.05) is 10.8 Å². The van der Waals surface area contributed by atoms with Crippen LogP contribution in [0.1, 0.15) is 5.69 Å². The topological polar surface area (TPSA) is 51.6 Å². The maximum atomic E-state index is 12.5. The highest BCUT2D eigenvalue weighted by Gasteiger charge is 2.34. The predicted octanol–water partition coefficient (Wildman–Crippen LogP) is 3.54. The number of rotatable bonds is 2. The van der Waals surface area contributed by atoms with Gasteiger partial charge in [-0.05, 0) is 6.07 Å². The van der Waals surface area contributed by atoms with Gasteiger partial charge >= 0.3 is 6.18 Å². The molecule has 0 saturated heterocycles. The minimum atomic E-state index is -4.47. The van der Waals surface area contributed by atoms with Gasteiger partial charge in [-0.15, -0.1) is 22.7 Å². The molecule has 0 bridgehead atoms. The fourth-order valence-electron chi connectivity index (χ4n) is 1.40. The zero-order chi connectivity index (χ0) is 14.2. The second-order valence-electron chi connectivity index (χ2n) is 3.62. The standard InChI is InChI=1S/C11H4F3N4S2/c12-11(13,14)8-4-20-10(18-8)9-15-2-1-6(17-9)7-3-19-5-16-7/h1,3-5H. The summed E-state index contributed by atoms with van der Waals surface area (Å²) in [6, 6.07) is 1.52. The van der Waals surface area contributed by atoms with Gasteiger partial charge in [0.05, 0.1) is 23.1 Å². The Morgan fingerprint density at radius 2 is 1.95 bits per heavy atom. The Kier molecular flexibility index (Phi) is 3.22. The van der Waals surface area contributed by atoms with Crippen molar-refractivity contribution in [3.8, 4) is 22.2 Å². The summed E-state index contributed by atoms with van der Waals surface area (Å²) in [4.78, 5) is 15.6. The van der Waals surface area contributed by atoms with E-state index in [0.717, 1.165) is 16.7 Å². The molecule has 3 aromatic heterocycles. The molecular formula is C11H4F3N4S2. The van der Waals surface area contributed by atoms with Gasteiger partial charge in [-0.3, -0.25) is 0 Å². The molecule has 0 unspecified atom stereocenters. The van der Waals surface area contributed by atoms with Crippen LogP contribution in [0, 0.1) is 6.20 Å². The van der Waals surface area contributed by atoms with Gasteiger partial charge < -0.3 is 0 Å². The summed E-state index contributed by atoms with van der Waals surface area (Å²) in [6.45, 7) is 0. The van der Waals surface area contributed by atoms with Crippen molar-refractivity contribution in [1.29, 1.82) is 0 Å². The summed E-state index contributed by atoms with van der Waals surface area (Å²) in [6.07, 6.45) is -1.87. The van der Waals surface area contributed by atoms with Crippen LogP contribution in [0.2, 0.25) is 0 Å². The molecule has 9 heteroatoms. The summed E-state index contributed by atoms with van der Waals surface area (Å²) in [5, 5.41) is 2.82. The first-order valence-corrected chi connectivity index (χ1v) is 7.03. The predicted molar refractivity (Wildman–Crippen MR) is 68.1 cm³/mol. The Labute approximate surface area is 119 Å². The zero-order valence-electron chi connectivity index (χ0n) is 9.55. The van der Waals surface area contributed by atoms with Crippen LogP contribution in [-0.4, -0.2) is 19.9 Å². The number of halogens is 3. The average Bonchev–Trinajstić information content (AvgIpc) is 3.10. The van der Waals surface area contributed by atoms with Crippen LogP contribution in [0.5, 0.6) is 0 Å². The van der Waals surface area contributed by atoms with E-state index in [-0.39, 0.29) is 10.8 Å². The van der Waals surface area contributed by atoms with E-state index < -0.39 is 11.9 Å². The summed E-state index contributed by atoms with van der Waals surface area (Å²) < 4.78 is 37.5. The lowest BCUT2D eigenvalue weighted by atomic mass is 10.3. The highest BCUT2D eigenvalue weighted by Crippen LogP contribution is 2.32. The lowest BCUT2D eigenvalue weighted by molar-refractivity contribution is -0.140. The quantitative estimate of drug-likeness (QED) is 0.726. The highest BCUT2D eigenvalue weighted by molar-refractivity contribution is 7.13. The molecule has 3 rings (SSSR count). The lowest BCUT2D eigenvalue weighted by Gasteiger charge is -2.00. The highest BCUT2D eigenvalue weighted by atomic mass is 32.1. The Morgan fingerprint density at radius 1 is 1.10 bits per heavy atom. The van der Waals surface area contributed by atoms with Crippen molar-refractivity contribution in [1.82, 2.24) is 19.9 Å². The molecule has 0 aliphatic heterocycles. The van der Waals surface area contributed by atoms with Crippen molar-refractivity contribution < 1.29 is 13.2 Å². The van der Waals surface area contributed by atoms with Crippen LogP contribution < -0.4 is 0 Å². The largest absolute Gasteiger partial charge is 0.434 e.